The van der Waals surface area contributed by atoms with Crippen LogP contribution < -0.4 is 5.73 Å². The topological polar surface area (TPSA) is 46.2 Å². The van der Waals surface area contributed by atoms with Gasteiger partial charge in [0.1, 0.15) is 0 Å². The molecule has 2 unspecified atom stereocenters. The molecule has 0 aliphatic heterocycles. The molecule has 17 heavy (non-hydrogen) atoms. The van der Waals surface area contributed by atoms with Crippen LogP contribution >= 0.6 is 23.2 Å². The predicted molar refractivity (Wildman–Crippen MR) is 71.5 cm³/mol. The number of rotatable bonds is 3. The Labute approximate surface area is 112 Å². The molecule has 0 bridgehead atoms. The van der Waals surface area contributed by atoms with Crippen LogP contribution in [0.2, 0.25) is 10.0 Å². The Morgan fingerprint density at radius 1 is 1.41 bits per heavy atom. The maximum atomic E-state index is 10.1. The van der Waals surface area contributed by atoms with Gasteiger partial charge in [0.15, 0.2) is 0 Å². The molecule has 2 atom stereocenters. The number of aliphatic hydroxyl groups is 1. The van der Waals surface area contributed by atoms with Crippen LogP contribution in [-0.4, -0.2) is 17.8 Å². The van der Waals surface area contributed by atoms with E-state index in [0.717, 1.165) is 24.8 Å². The van der Waals surface area contributed by atoms with Gasteiger partial charge in [-0.15, -0.1) is 0 Å². The number of benzene rings is 1. The highest BCUT2D eigenvalue weighted by atomic mass is 35.5. The van der Waals surface area contributed by atoms with E-state index in [1.54, 1.807) is 6.07 Å². The third kappa shape index (κ3) is 2.45. The van der Waals surface area contributed by atoms with E-state index in [-0.39, 0.29) is 11.5 Å². The summed E-state index contributed by atoms with van der Waals surface area (Å²) in [4.78, 5) is 0. The average molecular weight is 274 g/mol. The first-order valence-corrected chi connectivity index (χ1v) is 6.66. The minimum absolute atomic E-state index is 0.228. The second kappa shape index (κ2) is 5.15. The summed E-state index contributed by atoms with van der Waals surface area (Å²) < 4.78 is 0. The van der Waals surface area contributed by atoms with Gasteiger partial charge in [-0.3, -0.25) is 0 Å². The molecule has 1 aliphatic carbocycles. The molecule has 2 nitrogen and oxygen atoms in total. The largest absolute Gasteiger partial charge is 0.392 e. The maximum absolute atomic E-state index is 10.1. The third-order valence-corrected chi connectivity index (χ3v) is 4.70. The summed E-state index contributed by atoms with van der Waals surface area (Å²) in [6, 6.07) is 5.61. The highest BCUT2D eigenvalue weighted by molar-refractivity contribution is 6.42. The molecule has 4 heteroatoms. The highest BCUT2D eigenvalue weighted by Crippen LogP contribution is 2.42. The van der Waals surface area contributed by atoms with Crippen molar-refractivity contribution in [1.82, 2.24) is 0 Å². The van der Waals surface area contributed by atoms with E-state index in [0.29, 0.717) is 23.0 Å². The van der Waals surface area contributed by atoms with Crippen LogP contribution in [0, 0.1) is 5.41 Å². The zero-order valence-electron chi connectivity index (χ0n) is 9.63. The number of hydrogen-bond acceptors (Lipinski definition) is 2. The molecular weight excluding hydrogens is 257 g/mol. The van der Waals surface area contributed by atoms with Crippen molar-refractivity contribution in [1.29, 1.82) is 0 Å². The number of hydrogen-bond donors (Lipinski definition) is 2. The Morgan fingerprint density at radius 3 is 2.76 bits per heavy atom. The fourth-order valence-electron chi connectivity index (χ4n) is 2.70. The van der Waals surface area contributed by atoms with E-state index >= 15 is 0 Å². The Bertz CT molecular complexity index is 410. The number of nitrogens with two attached hydrogens (primary N) is 1. The molecule has 1 saturated carbocycles. The predicted octanol–water partition coefficient (Wildman–Crippen LogP) is 3.03. The number of aliphatic hydroxyl groups excluding tert-OH is 1. The lowest BCUT2D eigenvalue weighted by atomic mass is 9.78. The van der Waals surface area contributed by atoms with Gasteiger partial charge >= 0.3 is 0 Å². The molecule has 1 aromatic carbocycles. The first-order chi connectivity index (χ1) is 8.09. The summed E-state index contributed by atoms with van der Waals surface area (Å²) in [5.41, 5.74) is 6.61. The third-order valence-electron chi connectivity index (χ3n) is 3.84. The normalized spacial score (nSPS) is 28.6. The summed E-state index contributed by atoms with van der Waals surface area (Å²) in [6.45, 7) is 0.483. The highest BCUT2D eigenvalue weighted by Gasteiger charge is 2.41. The quantitative estimate of drug-likeness (QED) is 0.890. The Balaban J connectivity index is 2.27. The summed E-state index contributed by atoms with van der Waals surface area (Å²) in [5.74, 6) is 0. The van der Waals surface area contributed by atoms with Gasteiger partial charge in [0, 0.05) is 12.0 Å². The van der Waals surface area contributed by atoms with E-state index in [2.05, 4.69) is 0 Å². The lowest BCUT2D eigenvalue weighted by Crippen LogP contribution is -2.39. The van der Waals surface area contributed by atoms with Gasteiger partial charge in [-0.25, -0.2) is 0 Å². The fourth-order valence-corrected chi connectivity index (χ4v) is 3.09. The Kier molecular flexibility index (Phi) is 3.99. The van der Waals surface area contributed by atoms with Crippen molar-refractivity contribution < 1.29 is 5.11 Å². The zero-order valence-corrected chi connectivity index (χ0v) is 11.1. The van der Waals surface area contributed by atoms with Gasteiger partial charge in [0.25, 0.3) is 0 Å². The lowest BCUT2D eigenvalue weighted by molar-refractivity contribution is 0.0588. The van der Waals surface area contributed by atoms with Gasteiger partial charge in [-0.1, -0.05) is 41.8 Å². The fraction of sp³-hybridized carbons (Fsp3) is 0.538. The molecule has 0 heterocycles. The van der Waals surface area contributed by atoms with E-state index < -0.39 is 0 Å². The molecule has 0 amide bonds. The minimum Gasteiger partial charge on any atom is -0.392 e. The molecule has 0 spiro atoms. The van der Waals surface area contributed by atoms with Gasteiger partial charge in [-0.05, 0) is 30.9 Å². The minimum atomic E-state index is -0.331. The maximum Gasteiger partial charge on any atom is 0.0624 e. The van der Waals surface area contributed by atoms with Crippen LogP contribution in [0.4, 0.5) is 0 Å². The summed E-state index contributed by atoms with van der Waals surface area (Å²) in [6.07, 6.45) is 3.17. The van der Waals surface area contributed by atoms with Crippen molar-refractivity contribution in [2.24, 2.45) is 11.1 Å². The molecule has 1 fully saturated rings. The molecule has 2 rings (SSSR count). The van der Waals surface area contributed by atoms with Crippen LogP contribution in [0.3, 0.4) is 0 Å². The molecule has 0 aromatic heterocycles. The van der Waals surface area contributed by atoms with Gasteiger partial charge in [0.05, 0.1) is 16.1 Å². The van der Waals surface area contributed by atoms with Crippen molar-refractivity contribution in [3.8, 4) is 0 Å². The molecule has 94 valence electrons. The lowest BCUT2D eigenvalue weighted by Gasteiger charge is -2.31. The van der Waals surface area contributed by atoms with E-state index in [9.17, 15) is 5.11 Å². The van der Waals surface area contributed by atoms with Crippen molar-refractivity contribution >= 4 is 23.2 Å². The van der Waals surface area contributed by atoms with Crippen molar-refractivity contribution in [3.05, 3.63) is 33.8 Å². The second-order valence-electron chi connectivity index (χ2n) is 4.86. The van der Waals surface area contributed by atoms with Gasteiger partial charge in [-0.2, -0.15) is 0 Å². The van der Waals surface area contributed by atoms with Crippen LogP contribution in [0.15, 0.2) is 18.2 Å². The van der Waals surface area contributed by atoms with Crippen molar-refractivity contribution in [2.75, 3.05) is 6.54 Å². The summed E-state index contributed by atoms with van der Waals surface area (Å²) in [7, 11) is 0. The first-order valence-electron chi connectivity index (χ1n) is 5.90. The molecule has 0 radical (unpaired) electrons. The van der Waals surface area contributed by atoms with Crippen LogP contribution in [0.5, 0.6) is 0 Å². The van der Waals surface area contributed by atoms with Crippen LogP contribution in [-0.2, 0) is 6.42 Å². The zero-order chi connectivity index (χ0) is 12.5. The summed E-state index contributed by atoms with van der Waals surface area (Å²) in [5, 5.41) is 11.2. The SMILES string of the molecule is NCC1(Cc2cccc(Cl)c2Cl)CCCC1O. The monoisotopic (exact) mass is 273 g/mol. The molecule has 1 aromatic rings. The van der Waals surface area contributed by atoms with E-state index in [1.807, 2.05) is 12.1 Å². The Hall–Kier alpha value is -0.280. The smallest absolute Gasteiger partial charge is 0.0624 e. The van der Waals surface area contributed by atoms with Gasteiger partial charge < -0.3 is 10.8 Å². The molecular formula is C13H17Cl2NO. The molecule has 0 saturated heterocycles. The van der Waals surface area contributed by atoms with Crippen molar-refractivity contribution in [2.45, 2.75) is 31.8 Å². The van der Waals surface area contributed by atoms with Crippen LogP contribution in [0.25, 0.3) is 0 Å². The molecule has 1 aliphatic rings. The standard InChI is InChI=1S/C13H17Cl2NO/c14-10-4-1-3-9(12(10)15)7-13(8-16)6-2-5-11(13)17/h1,3-4,11,17H,2,5-8,16H2. The molecule has 3 N–H and O–H groups in total. The summed E-state index contributed by atoms with van der Waals surface area (Å²) >= 11 is 12.2. The van der Waals surface area contributed by atoms with E-state index in [4.69, 9.17) is 28.9 Å². The van der Waals surface area contributed by atoms with Crippen molar-refractivity contribution in [3.63, 3.8) is 0 Å². The van der Waals surface area contributed by atoms with E-state index in [1.165, 1.54) is 0 Å². The van der Waals surface area contributed by atoms with Crippen LogP contribution in [0.1, 0.15) is 24.8 Å². The Morgan fingerprint density at radius 2 is 2.18 bits per heavy atom. The first kappa shape index (κ1) is 13.2. The second-order valence-corrected chi connectivity index (χ2v) is 5.65. The van der Waals surface area contributed by atoms with Gasteiger partial charge in [0.2, 0.25) is 0 Å². The average Bonchev–Trinajstić information content (AvgIpc) is 2.67. The number of halogens is 2.